The molecule has 0 aromatic carbocycles. The van der Waals surface area contributed by atoms with Gasteiger partial charge in [0.2, 0.25) is 0 Å². The predicted octanol–water partition coefficient (Wildman–Crippen LogP) is -3.02. The van der Waals surface area contributed by atoms with Gasteiger partial charge in [0.1, 0.15) is 18.3 Å². The highest BCUT2D eigenvalue weighted by Crippen LogP contribution is 2.05. The molecule has 6 heteroatoms. The van der Waals surface area contributed by atoms with E-state index in [9.17, 15) is 15.3 Å². The molecule has 0 unspecified atom stereocenters. The van der Waals surface area contributed by atoms with Crippen LogP contribution >= 0.6 is 0 Å². The first kappa shape index (κ1) is 9.02. The molecule has 0 aliphatic rings. The average Bonchev–Trinajstić information content (AvgIpc) is 2.24. The molecule has 0 rings (SSSR count). The second-order valence-electron chi connectivity index (χ2n) is 3.18. The van der Waals surface area contributed by atoms with Crippen LogP contribution in [-0.2, 0) is 0 Å². The topological polar surface area (TPSA) is 104 Å². The molecule has 0 heterocycles. The van der Waals surface area contributed by atoms with Crippen molar-refractivity contribution >= 4 is 0 Å². The molecule has 86 valence electrons. The van der Waals surface area contributed by atoms with E-state index >= 15 is 0 Å². The Morgan fingerprint density at radius 2 is 1.64 bits per heavy atom. The third-order valence-corrected chi connectivity index (χ3v) is 1.79. The third-order valence-electron chi connectivity index (χ3n) is 1.79. The second kappa shape index (κ2) is 6.28. The summed E-state index contributed by atoms with van der Waals surface area (Å²) in [6.45, 7) is -3.62. The van der Waals surface area contributed by atoms with Crippen LogP contribution in [0.4, 0.5) is 0 Å². The van der Waals surface area contributed by atoms with Crippen LogP contribution < -0.4 is 0 Å². The number of aliphatic hydroxyl groups excluding tert-OH is 5. The Morgan fingerprint density at radius 3 is 2.07 bits per heavy atom. The Labute approximate surface area is 87.2 Å². The Kier molecular flexibility index (Phi) is 4.05. The maximum Gasteiger partial charge on any atom is 0.111 e. The summed E-state index contributed by atoms with van der Waals surface area (Å²) in [6, 6.07) is 0. The maximum atomic E-state index is 9.47. The maximum absolute atomic E-state index is 9.47. The van der Waals surface area contributed by atoms with Gasteiger partial charge in [0.05, 0.1) is 12.7 Å². The fourth-order valence-electron chi connectivity index (χ4n) is 0.952. The fraction of sp³-hybridized carbons (Fsp3) is 1.00. The zero-order valence-corrected chi connectivity index (χ0v) is 7.91. The second-order valence-corrected chi connectivity index (χ2v) is 3.18. The van der Waals surface area contributed by atoms with Gasteiger partial charge in [-0.3, -0.25) is 0 Å². The van der Waals surface area contributed by atoms with Gasteiger partial charge in [0.25, 0.3) is 0 Å². The van der Waals surface area contributed by atoms with E-state index in [1.165, 1.54) is 7.05 Å². The Morgan fingerprint density at radius 1 is 1.14 bits per heavy atom. The number of nitrogens with zero attached hydrogens (tertiary/aromatic N) is 1. The summed E-state index contributed by atoms with van der Waals surface area (Å²) < 4.78 is 21.0. The van der Waals surface area contributed by atoms with Crippen molar-refractivity contribution in [3.63, 3.8) is 0 Å². The SMILES string of the molecule is [2H]C([2H])([2H])N(C)C[C@H](O)[C@@H](O)[C@H](O)[C@H](O)CO. The summed E-state index contributed by atoms with van der Waals surface area (Å²) in [6.07, 6.45) is -6.66. The van der Waals surface area contributed by atoms with Crippen molar-refractivity contribution in [3.8, 4) is 0 Å². The average molecular weight is 212 g/mol. The molecule has 0 aliphatic carbocycles. The van der Waals surface area contributed by atoms with Crippen molar-refractivity contribution in [2.75, 3.05) is 27.2 Å². The lowest BCUT2D eigenvalue weighted by Gasteiger charge is -2.27. The van der Waals surface area contributed by atoms with Crippen LogP contribution in [0.1, 0.15) is 4.11 Å². The van der Waals surface area contributed by atoms with Gasteiger partial charge in [0, 0.05) is 10.7 Å². The van der Waals surface area contributed by atoms with Crippen LogP contribution in [0.25, 0.3) is 0 Å². The van der Waals surface area contributed by atoms with E-state index in [0.29, 0.717) is 0 Å². The van der Waals surface area contributed by atoms with E-state index in [-0.39, 0.29) is 0 Å². The van der Waals surface area contributed by atoms with Gasteiger partial charge in [-0.15, -0.1) is 0 Å². The number of hydrogen-bond donors (Lipinski definition) is 5. The van der Waals surface area contributed by atoms with Gasteiger partial charge in [-0.05, 0) is 14.0 Å². The molecule has 0 aromatic rings. The largest absolute Gasteiger partial charge is 0.394 e. The first-order valence-corrected chi connectivity index (χ1v) is 4.15. The van der Waals surface area contributed by atoms with Crippen molar-refractivity contribution in [1.82, 2.24) is 4.90 Å². The molecule has 5 N–H and O–H groups in total. The normalized spacial score (nSPS) is 24.6. The highest BCUT2D eigenvalue weighted by atomic mass is 16.4. The molecule has 0 saturated heterocycles. The van der Waals surface area contributed by atoms with Gasteiger partial charge >= 0.3 is 0 Å². The number of hydrogen-bond acceptors (Lipinski definition) is 6. The predicted molar refractivity (Wildman–Crippen MR) is 49.7 cm³/mol. The minimum absolute atomic E-state index is 0.410. The van der Waals surface area contributed by atoms with Gasteiger partial charge in [0.15, 0.2) is 0 Å². The molecule has 0 saturated carbocycles. The summed E-state index contributed by atoms with van der Waals surface area (Å²) in [5, 5.41) is 45.8. The van der Waals surface area contributed by atoms with Crippen molar-refractivity contribution in [1.29, 1.82) is 0 Å². The number of likely N-dealkylation sites (N-methyl/N-ethyl adjacent to an activating group) is 1. The van der Waals surface area contributed by atoms with Crippen molar-refractivity contribution in [3.05, 3.63) is 0 Å². The minimum Gasteiger partial charge on any atom is -0.394 e. The molecule has 0 bridgehead atoms. The van der Waals surface area contributed by atoms with E-state index in [2.05, 4.69) is 0 Å². The van der Waals surface area contributed by atoms with Crippen LogP contribution in [-0.4, -0.2) is 82.0 Å². The van der Waals surface area contributed by atoms with Crippen LogP contribution in [0.3, 0.4) is 0 Å². The van der Waals surface area contributed by atoms with Gasteiger partial charge < -0.3 is 30.4 Å². The molecular formula is C8H19NO5. The Hall–Kier alpha value is -0.240. The first-order valence-electron chi connectivity index (χ1n) is 5.65. The molecular weight excluding hydrogens is 190 g/mol. The summed E-state index contributed by atoms with van der Waals surface area (Å²) in [5.74, 6) is 0. The quantitative estimate of drug-likeness (QED) is 0.321. The van der Waals surface area contributed by atoms with Gasteiger partial charge in [-0.1, -0.05) is 0 Å². The lowest BCUT2D eigenvalue weighted by atomic mass is 10.0. The smallest absolute Gasteiger partial charge is 0.111 e. The molecule has 0 amide bonds. The summed E-state index contributed by atoms with van der Waals surface area (Å²) in [5.41, 5.74) is 0. The lowest BCUT2D eigenvalue weighted by Crippen LogP contribution is -2.48. The zero-order chi connectivity index (χ0) is 13.8. The van der Waals surface area contributed by atoms with Crippen molar-refractivity contribution < 1.29 is 29.6 Å². The number of aliphatic hydroxyl groups is 5. The highest BCUT2D eigenvalue weighted by Gasteiger charge is 2.29. The fourth-order valence-corrected chi connectivity index (χ4v) is 0.952. The monoisotopic (exact) mass is 212 g/mol. The molecule has 0 fully saturated rings. The van der Waals surface area contributed by atoms with E-state index in [1.807, 2.05) is 0 Å². The van der Waals surface area contributed by atoms with Crippen molar-refractivity contribution in [2.24, 2.45) is 0 Å². The molecule has 0 spiro atoms. The summed E-state index contributed by atoms with van der Waals surface area (Å²) in [7, 11) is 1.22. The highest BCUT2D eigenvalue weighted by molar-refractivity contribution is 4.81. The Balaban J connectivity index is 4.36. The summed E-state index contributed by atoms with van der Waals surface area (Å²) in [4.78, 5) is 0.818. The first-order chi connectivity index (χ1) is 7.61. The van der Waals surface area contributed by atoms with Crippen molar-refractivity contribution in [2.45, 2.75) is 24.4 Å². The van der Waals surface area contributed by atoms with Gasteiger partial charge in [-0.25, -0.2) is 0 Å². The standard InChI is InChI=1S/C8H19NO5/c1-9(2)3-5(11)7(13)8(14)6(12)4-10/h5-8,10-14H,3-4H2,1-2H3/t5-,6+,7+,8+/m0/s1/i1D3. The molecule has 0 aliphatic heterocycles. The molecule has 6 nitrogen and oxygen atoms in total. The minimum atomic E-state index is -2.43. The van der Waals surface area contributed by atoms with E-state index < -0.39 is 44.5 Å². The lowest BCUT2D eigenvalue weighted by molar-refractivity contribution is -0.117. The third kappa shape index (κ3) is 4.32. The van der Waals surface area contributed by atoms with E-state index in [0.717, 1.165) is 4.90 Å². The van der Waals surface area contributed by atoms with Crippen LogP contribution in [0.15, 0.2) is 0 Å². The number of rotatable bonds is 6. The van der Waals surface area contributed by atoms with Crippen LogP contribution in [0.5, 0.6) is 0 Å². The van der Waals surface area contributed by atoms with Crippen LogP contribution in [0.2, 0.25) is 0 Å². The molecule has 14 heavy (non-hydrogen) atoms. The molecule has 0 radical (unpaired) electrons. The van der Waals surface area contributed by atoms with E-state index in [1.54, 1.807) is 0 Å². The summed E-state index contributed by atoms with van der Waals surface area (Å²) >= 11 is 0. The van der Waals surface area contributed by atoms with Gasteiger partial charge in [-0.2, -0.15) is 0 Å². The van der Waals surface area contributed by atoms with E-state index in [4.69, 9.17) is 14.3 Å². The molecule has 0 aromatic heterocycles. The Bertz CT molecular complexity index is 228. The van der Waals surface area contributed by atoms with Crippen LogP contribution in [0, 0.1) is 0 Å². The molecule has 4 atom stereocenters. The zero-order valence-electron chi connectivity index (χ0n) is 10.9.